The minimum Gasteiger partial charge on any atom is -0.370 e. The van der Waals surface area contributed by atoms with Crippen molar-refractivity contribution >= 4 is 39.2 Å². The Morgan fingerprint density at radius 3 is 2.46 bits per heavy atom. The minimum absolute atomic E-state index is 0.0464. The molecule has 126 valence electrons. The SMILES string of the molecule is CC(C)c1cccc(NC(N)=NCC(=O)Nc2cccc(Br)c2)c1. The monoisotopic (exact) mass is 388 g/mol. The van der Waals surface area contributed by atoms with Gasteiger partial charge >= 0.3 is 0 Å². The summed E-state index contributed by atoms with van der Waals surface area (Å²) in [5.41, 5.74) is 8.62. The van der Waals surface area contributed by atoms with E-state index in [1.165, 1.54) is 5.56 Å². The predicted molar refractivity (Wildman–Crippen MR) is 103 cm³/mol. The molecule has 2 aromatic rings. The van der Waals surface area contributed by atoms with Crippen molar-refractivity contribution in [3.63, 3.8) is 0 Å². The molecule has 0 aliphatic carbocycles. The van der Waals surface area contributed by atoms with Crippen LogP contribution in [0.5, 0.6) is 0 Å². The van der Waals surface area contributed by atoms with Gasteiger partial charge in [-0.15, -0.1) is 0 Å². The fourth-order valence-corrected chi connectivity index (χ4v) is 2.49. The van der Waals surface area contributed by atoms with Crippen LogP contribution in [0.25, 0.3) is 0 Å². The predicted octanol–water partition coefficient (Wildman–Crippen LogP) is 3.94. The first-order chi connectivity index (χ1) is 11.4. The van der Waals surface area contributed by atoms with Gasteiger partial charge in [0.15, 0.2) is 5.96 Å². The van der Waals surface area contributed by atoms with Gasteiger partial charge in [-0.25, -0.2) is 4.99 Å². The van der Waals surface area contributed by atoms with Crippen molar-refractivity contribution in [2.45, 2.75) is 19.8 Å². The largest absolute Gasteiger partial charge is 0.370 e. The van der Waals surface area contributed by atoms with Crippen LogP contribution in [0.3, 0.4) is 0 Å². The van der Waals surface area contributed by atoms with Gasteiger partial charge in [-0.1, -0.05) is 48.0 Å². The second kappa shape index (κ2) is 8.49. The molecule has 5 nitrogen and oxygen atoms in total. The van der Waals surface area contributed by atoms with E-state index in [0.29, 0.717) is 11.6 Å². The number of hydrogen-bond acceptors (Lipinski definition) is 2. The van der Waals surface area contributed by atoms with Crippen LogP contribution in [0.4, 0.5) is 11.4 Å². The Morgan fingerprint density at radius 1 is 1.12 bits per heavy atom. The molecule has 0 aliphatic rings. The van der Waals surface area contributed by atoms with Crippen molar-refractivity contribution in [2.24, 2.45) is 10.7 Å². The first kappa shape index (κ1) is 18.0. The zero-order valence-corrected chi connectivity index (χ0v) is 15.3. The maximum Gasteiger partial charge on any atom is 0.246 e. The average molecular weight is 389 g/mol. The molecule has 0 fully saturated rings. The van der Waals surface area contributed by atoms with Crippen molar-refractivity contribution in [3.05, 3.63) is 58.6 Å². The summed E-state index contributed by atoms with van der Waals surface area (Å²) in [5, 5.41) is 5.77. The first-order valence-electron chi connectivity index (χ1n) is 7.66. The van der Waals surface area contributed by atoms with Crippen LogP contribution in [-0.2, 0) is 4.79 Å². The van der Waals surface area contributed by atoms with Crippen LogP contribution in [0.1, 0.15) is 25.3 Å². The van der Waals surface area contributed by atoms with E-state index in [9.17, 15) is 4.79 Å². The molecule has 24 heavy (non-hydrogen) atoms. The molecule has 1 amide bonds. The van der Waals surface area contributed by atoms with Crippen LogP contribution in [0.15, 0.2) is 58.0 Å². The normalized spacial score (nSPS) is 11.4. The van der Waals surface area contributed by atoms with Crippen LogP contribution in [0.2, 0.25) is 0 Å². The average Bonchev–Trinajstić information content (AvgIpc) is 2.53. The Labute approximate surface area is 150 Å². The number of rotatable bonds is 5. The number of amides is 1. The topological polar surface area (TPSA) is 79.5 Å². The van der Waals surface area contributed by atoms with Crippen LogP contribution >= 0.6 is 15.9 Å². The summed E-state index contributed by atoms with van der Waals surface area (Å²) in [6.07, 6.45) is 0. The number of nitrogens with two attached hydrogens (primary N) is 1. The number of nitrogens with one attached hydrogen (secondary N) is 2. The lowest BCUT2D eigenvalue weighted by molar-refractivity contribution is -0.114. The molecule has 0 heterocycles. The van der Waals surface area contributed by atoms with Gasteiger partial charge in [0, 0.05) is 15.8 Å². The Hall–Kier alpha value is -2.34. The van der Waals surface area contributed by atoms with Gasteiger partial charge in [0.05, 0.1) is 0 Å². The molecule has 0 radical (unpaired) electrons. The fraction of sp³-hybridized carbons (Fsp3) is 0.222. The summed E-state index contributed by atoms with van der Waals surface area (Å²) in [6.45, 7) is 4.21. The highest BCUT2D eigenvalue weighted by Gasteiger charge is 2.04. The summed E-state index contributed by atoms with van der Waals surface area (Å²) in [5.74, 6) is 0.412. The maximum absolute atomic E-state index is 11.9. The first-order valence-corrected chi connectivity index (χ1v) is 8.45. The molecule has 0 aliphatic heterocycles. The second-order valence-electron chi connectivity index (χ2n) is 5.67. The van der Waals surface area contributed by atoms with Gasteiger partial charge in [0.25, 0.3) is 0 Å². The van der Waals surface area contributed by atoms with E-state index >= 15 is 0 Å². The molecule has 2 rings (SSSR count). The third kappa shape index (κ3) is 5.70. The molecule has 0 bridgehead atoms. The minimum atomic E-state index is -0.228. The van der Waals surface area contributed by atoms with Crippen molar-refractivity contribution in [3.8, 4) is 0 Å². The van der Waals surface area contributed by atoms with Crippen LogP contribution in [0, 0.1) is 0 Å². The van der Waals surface area contributed by atoms with Crippen LogP contribution in [-0.4, -0.2) is 18.4 Å². The Bertz CT molecular complexity index is 743. The Balaban J connectivity index is 1.91. The van der Waals surface area contributed by atoms with E-state index in [1.54, 1.807) is 0 Å². The second-order valence-corrected chi connectivity index (χ2v) is 6.58. The number of carbonyl (C=O) groups excluding carboxylic acids is 1. The van der Waals surface area contributed by atoms with Crippen molar-refractivity contribution < 1.29 is 4.79 Å². The third-order valence-electron chi connectivity index (χ3n) is 3.33. The van der Waals surface area contributed by atoms with Gasteiger partial charge in [0.1, 0.15) is 6.54 Å². The van der Waals surface area contributed by atoms with Crippen LogP contribution < -0.4 is 16.4 Å². The molecule has 0 saturated carbocycles. The molecular formula is C18H21BrN4O. The lowest BCUT2D eigenvalue weighted by atomic mass is 10.0. The van der Waals surface area contributed by atoms with Crippen molar-refractivity contribution in [1.29, 1.82) is 0 Å². The van der Waals surface area contributed by atoms with Gasteiger partial charge in [0.2, 0.25) is 5.91 Å². The highest BCUT2D eigenvalue weighted by atomic mass is 79.9. The van der Waals surface area contributed by atoms with E-state index in [4.69, 9.17) is 5.73 Å². The number of anilines is 2. The van der Waals surface area contributed by atoms with E-state index in [0.717, 1.165) is 10.2 Å². The van der Waals surface area contributed by atoms with E-state index in [2.05, 4.69) is 51.5 Å². The quantitative estimate of drug-likeness (QED) is 0.535. The zero-order valence-electron chi connectivity index (χ0n) is 13.7. The maximum atomic E-state index is 11.9. The smallest absolute Gasteiger partial charge is 0.246 e. The number of benzene rings is 2. The molecule has 0 spiro atoms. The highest BCUT2D eigenvalue weighted by Crippen LogP contribution is 2.18. The third-order valence-corrected chi connectivity index (χ3v) is 3.82. The number of hydrogen-bond donors (Lipinski definition) is 3. The molecule has 0 aromatic heterocycles. The summed E-state index contributed by atoms with van der Waals surface area (Å²) >= 11 is 3.36. The molecule has 6 heteroatoms. The summed E-state index contributed by atoms with van der Waals surface area (Å²) in [4.78, 5) is 16.0. The van der Waals surface area contributed by atoms with E-state index in [-0.39, 0.29) is 18.4 Å². The lowest BCUT2D eigenvalue weighted by Crippen LogP contribution is -2.25. The number of aliphatic imine (C=N–C) groups is 1. The molecule has 2 aromatic carbocycles. The summed E-state index contributed by atoms with van der Waals surface area (Å²) in [6, 6.07) is 15.3. The molecule has 4 N–H and O–H groups in total. The van der Waals surface area contributed by atoms with E-state index < -0.39 is 0 Å². The summed E-state index contributed by atoms with van der Waals surface area (Å²) < 4.78 is 0.898. The number of nitrogens with zero attached hydrogens (tertiary/aromatic N) is 1. The fourth-order valence-electron chi connectivity index (χ4n) is 2.09. The lowest BCUT2D eigenvalue weighted by Gasteiger charge is -2.10. The molecule has 0 unspecified atom stereocenters. The van der Waals surface area contributed by atoms with Gasteiger partial charge in [-0.2, -0.15) is 0 Å². The van der Waals surface area contributed by atoms with Gasteiger partial charge < -0.3 is 16.4 Å². The van der Waals surface area contributed by atoms with Gasteiger partial charge in [-0.05, 0) is 41.8 Å². The zero-order chi connectivity index (χ0) is 17.5. The summed E-state index contributed by atoms with van der Waals surface area (Å²) in [7, 11) is 0. The Morgan fingerprint density at radius 2 is 1.79 bits per heavy atom. The number of guanidine groups is 1. The van der Waals surface area contributed by atoms with Gasteiger partial charge in [-0.3, -0.25) is 4.79 Å². The van der Waals surface area contributed by atoms with E-state index in [1.807, 2.05) is 42.5 Å². The molecule has 0 atom stereocenters. The van der Waals surface area contributed by atoms with Crippen molar-refractivity contribution in [2.75, 3.05) is 17.2 Å². The molecule has 0 saturated heterocycles. The standard InChI is InChI=1S/C18H21BrN4O/c1-12(2)13-5-3-7-15(9-13)23-18(20)21-11-17(24)22-16-8-4-6-14(19)10-16/h3-10,12H,11H2,1-2H3,(H,22,24)(H3,20,21,23). The highest BCUT2D eigenvalue weighted by molar-refractivity contribution is 9.10. The van der Waals surface area contributed by atoms with Crippen molar-refractivity contribution in [1.82, 2.24) is 0 Å². The molecular weight excluding hydrogens is 368 g/mol. The Kier molecular flexibility index (Phi) is 6.37. The number of halogens is 1. The number of carbonyl (C=O) groups is 1.